The van der Waals surface area contributed by atoms with Gasteiger partial charge in [-0.1, -0.05) is 36.9 Å². The number of ether oxygens (including phenoxy) is 3. The normalized spacial score (nSPS) is 10.2. The molecular formula is C26H28N2O4. The number of hydrogen-bond acceptors (Lipinski definition) is 5. The average Bonchev–Trinajstić information content (AvgIpc) is 2.81. The minimum atomic E-state index is -0.164. The molecule has 0 spiro atoms. The standard InChI is InChI=1S/C26H28N2O4/c1-20(2)19-32-23-14-12-21(13-15-23)28-26(29)18-27-24-10-6-7-11-25(24)31-17-16-30-22-8-4-3-5-9-22/h3-15,27H,1,16-19H2,2H3,(H,28,29). The smallest absolute Gasteiger partial charge is 0.243 e. The third kappa shape index (κ3) is 7.72. The van der Waals surface area contributed by atoms with Gasteiger partial charge in [-0.15, -0.1) is 0 Å². The van der Waals surface area contributed by atoms with E-state index < -0.39 is 0 Å². The van der Waals surface area contributed by atoms with Crippen LogP contribution in [0.5, 0.6) is 17.2 Å². The molecule has 32 heavy (non-hydrogen) atoms. The van der Waals surface area contributed by atoms with Gasteiger partial charge >= 0.3 is 0 Å². The van der Waals surface area contributed by atoms with Crippen molar-refractivity contribution in [2.75, 3.05) is 37.0 Å². The van der Waals surface area contributed by atoms with Gasteiger partial charge in [-0.25, -0.2) is 0 Å². The molecule has 3 aromatic carbocycles. The number of anilines is 2. The Kier molecular flexibility index (Phi) is 8.57. The lowest BCUT2D eigenvalue weighted by Crippen LogP contribution is -2.22. The molecule has 0 radical (unpaired) electrons. The summed E-state index contributed by atoms with van der Waals surface area (Å²) in [6, 6.07) is 24.3. The number of rotatable bonds is 12. The molecule has 3 aromatic rings. The molecule has 166 valence electrons. The van der Waals surface area contributed by atoms with Crippen LogP contribution in [0.2, 0.25) is 0 Å². The van der Waals surface area contributed by atoms with E-state index in [2.05, 4.69) is 17.2 Å². The second-order valence-electron chi connectivity index (χ2n) is 7.18. The maximum Gasteiger partial charge on any atom is 0.243 e. The Morgan fingerprint density at radius 1 is 0.812 bits per heavy atom. The van der Waals surface area contributed by atoms with Gasteiger partial charge in [0.15, 0.2) is 0 Å². The third-order valence-electron chi connectivity index (χ3n) is 4.30. The number of carbonyl (C=O) groups is 1. The molecule has 0 aliphatic carbocycles. The van der Waals surface area contributed by atoms with E-state index in [0.29, 0.717) is 31.3 Å². The van der Waals surface area contributed by atoms with Gasteiger partial charge in [-0.3, -0.25) is 4.79 Å². The number of amides is 1. The maximum atomic E-state index is 12.3. The number of carbonyl (C=O) groups excluding carboxylic acids is 1. The highest BCUT2D eigenvalue weighted by atomic mass is 16.5. The second kappa shape index (κ2) is 12.1. The van der Waals surface area contributed by atoms with Crippen LogP contribution in [-0.4, -0.2) is 32.3 Å². The zero-order chi connectivity index (χ0) is 22.6. The van der Waals surface area contributed by atoms with E-state index in [1.165, 1.54) is 0 Å². The lowest BCUT2D eigenvalue weighted by molar-refractivity contribution is -0.114. The predicted octanol–water partition coefficient (Wildman–Crippen LogP) is 5.15. The van der Waals surface area contributed by atoms with Crippen LogP contribution in [0.4, 0.5) is 11.4 Å². The Bertz CT molecular complexity index is 1000. The van der Waals surface area contributed by atoms with Crippen molar-refractivity contribution in [1.29, 1.82) is 0 Å². The Balaban J connectivity index is 1.43. The number of para-hydroxylation sites is 3. The largest absolute Gasteiger partial charge is 0.490 e. The van der Waals surface area contributed by atoms with Crippen molar-refractivity contribution >= 4 is 17.3 Å². The van der Waals surface area contributed by atoms with Crippen molar-refractivity contribution in [3.63, 3.8) is 0 Å². The van der Waals surface area contributed by atoms with Crippen LogP contribution in [0.3, 0.4) is 0 Å². The SMILES string of the molecule is C=C(C)COc1ccc(NC(=O)CNc2ccccc2OCCOc2ccccc2)cc1. The second-order valence-corrected chi connectivity index (χ2v) is 7.18. The molecule has 0 aromatic heterocycles. The molecule has 0 atom stereocenters. The van der Waals surface area contributed by atoms with Gasteiger partial charge in [0.25, 0.3) is 0 Å². The Morgan fingerprint density at radius 2 is 1.47 bits per heavy atom. The molecule has 0 fully saturated rings. The monoisotopic (exact) mass is 432 g/mol. The fourth-order valence-corrected chi connectivity index (χ4v) is 2.79. The minimum absolute atomic E-state index is 0.106. The van der Waals surface area contributed by atoms with Crippen LogP contribution in [0.15, 0.2) is 91.0 Å². The fourth-order valence-electron chi connectivity index (χ4n) is 2.79. The maximum absolute atomic E-state index is 12.3. The molecule has 2 N–H and O–H groups in total. The zero-order valence-corrected chi connectivity index (χ0v) is 18.2. The van der Waals surface area contributed by atoms with Gasteiger partial charge in [-0.2, -0.15) is 0 Å². The van der Waals surface area contributed by atoms with Gasteiger partial charge in [0, 0.05) is 5.69 Å². The van der Waals surface area contributed by atoms with Gasteiger partial charge in [0.1, 0.15) is 37.1 Å². The lowest BCUT2D eigenvalue weighted by Gasteiger charge is -2.14. The van der Waals surface area contributed by atoms with E-state index in [0.717, 1.165) is 22.8 Å². The van der Waals surface area contributed by atoms with Crippen molar-refractivity contribution < 1.29 is 19.0 Å². The molecule has 6 nitrogen and oxygen atoms in total. The first kappa shape index (κ1) is 22.7. The van der Waals surface area contributed by atoms with Gasteiger partial charge in [-0.05, 0) is 61.0 Å². The molecule has 3 rings (SSSR count). The highest BCUT2D eigenvalue weighted by Gasteiger charge is 2.07. The summed E-state index contributed by atoms with van der Waals surface area (Å²) >= 11 is 0. The summed E-state index contributed by atoms with van der Waals surface area (Å²) in [6.07, 6.45) is 0. The Labute approximate surface area is 188 Å². The number of nitrogens with one attached hydrogen (secondary N) is 2. The number of benzene rings is 3. The summed E-state index contributed by atoms with van der Waals surface area (Å²) < 4.78 is 17.0. The quantitative estimate of drug-likeness (QED) is 0.306. The Hall–Kier alpha value is -3.93. The summed E-state index contributed by atoms with van der Waals surface area (Å²) in [4.78, 5) is 12.3. The molecule has 0 heterocycles. The van der Waals surface area contributed by atoms with E-state index in [1.807, 2.05) is 73.7 Å². The molecular weight excluding hydrogens is 404 g/mol. The molecule has 0 bridgehead atoms. The van der Waals surface area contributed by atoms with Gasteiger partial charge in [0.05, 0.1) is 12.2 Å². The highest BCUT2D eigenvalue weighted by Crippen LogP contribution is 2.23. The van der Waals surface area contributed by atoms with E-state index in [9.17, 15) is 4.79 Å². The summed E-state index contributed by atoms with van der Waals surface area (Å²) in [6.45, 7) is 7.10. The predicted molar refractivity (Wildman–Crippen MR) is 128 cm³/mol. The van der Waals surface area contributed by atoms with Crippen molar-refractivity contribution in [1.82, 2.24) is 0 Å². The third-order valence-corrected chi connectivity index (χ3v) is 4.30. The topological polar surface area (TPSA) is 68.8 Å². The van der Waals surface area contributed by atoms with Gasteiger partial charge < -0.3 is 24.8 Å². The Morgan fingerprint density at radius 3 is 2.22 bits per heavy atom. The van der Waals surface area contributed by atoms with Crippen molar-refractivity contribution in [3.8, 4) is 17.2 Å². The van der Waals surface area contributed by atoms with Crippen molar-refractivity contribution in [2.45, 2.75) is 6.92 Å². The molecule has 0 saturated heterocycles. The summed E-state index contributed by atoms with van der Waals surface area (Å²) in [5, 5.41) is 5.98. The first-order chi connectivity index (χ1) is 15.6. The van der Waals surface area contributed by atoms with Crippen LogP contribution in [0, 0.1) is 0 Å². The van der Waals surface area contributed by atoms with Crippen LogP contribution in [-0.2, 0) is 4.79 Å². The molecule has 1 amide bonds. The first-order valence-electron chi connectivity index (χ1n) is 10.4. The van der Waals surface area contributed by atoms with Crippen molar-refractivity contribution in [3.05, 3.63) is 91.0 Å². The minimum Gasteiger partial charge on any atom is -0.490 e. The molecule has 0 unspecified atom stereocenters. The summed E-state index contributed by atoms with van der Waals surface area (Å²) in [7, 11) is 0. The van der Waals surface area contributed by atoms with E-state index in [-0.39, 0.29) is 12.5 Å². The van der Waals surface area contributed by atoms with E-state index >= 15 is 0 Å². The average molecular weight is 433 g/mol. The van der Waals surface area contributed by atoms with Gasteiger partial charge in [0.2, 0.25) is 5.91 Å². The van der Waals surface area contributed by atoms with Crippen LogP contribution in [0.1, 0.15) is 6.92 Å². The van der Waals surface area contributed by atoms with Crippen LogP contribution < -0.4 is 24.8 Å². The van der Waals surface area contributed by atoms with Crippen LogP contribution >= 0.6 is 0 Å². The molecule has 6 heteroatoms. The fraction of sp³-hybridized carbons (Fsp3) is 0.192. The van der Waals surface area contributed by atoms with E-state index in [4.69, 9.17) is 14.2 Å². The number of hydrogen-bond donors (Lipinski definition) is 2. The molecule has 0 aliphatic rings. The van der Waals surface area contributed by atoms with Crippen LogP contribution in [0.25, 0.3) is 0 Å². The van der Waals surface area contributed by atoms with Crippen molar-refractivity contribution in [2.24, 2.45) is 0 Å². The molecule has 0 aliphatic heterocycles. The zero-order valence-electron chi connectivity index (χ0n) is 18.2. The summed E-state index contributed by atoms with van der Waals surface area (Å²) in [5.41, 5.74) is 2.38. The first-order valence-corrected chi connectivity index (χ1v) is 10.4. The lowest BCUT2D eigenvalue weighted by atomic mass is 10.3. The highest BCUT2D eigenvalue weighted by molar-refractivity contribution is 5.94. The molecule has 0 saturated carbocycles. The van der Waals surface area contributed by atoms with E-state index in [1.54, 1.807) is 12.1 Å². The summed E-state index contributed by atoms with van der Waals surface area (Å²) in [5.74, 6) is 2.03.